The number of aromatic nitrogens is 1. The van der Waals surface area contributed by atoms with Crippen molar-refractivity contribution in [3.8, 4) is 11.5 Å². The monoisotopic (exact) mass is 640 g/mol. The number of fused-ring (bicyclic) bond motifs is 1. The van der Waals surface area contributed by atoms with Gasteiger partial charge in [0.05, 0.1) is 42.2 Å². The molecule has 1 atom stereocenters. The number of thiazole rings is 1. The molecule has 5 rings (SSSR count). The maximum Gasteiger partial charge on any atom is 0.344 e. The molecule has 0 saturated heterocycles. The molecule has 4 aromatic rings. The predicted octanol–water partition coefficient (Wildman–Crippen LogP) is 5.01. The molecule has 10 heteroatoms. The summed E-state index contributed by atoms with van der Waals surface area (Å²) in [6, 6.07) is 21.8. The van der Waals surface area contributed by atoms with Crippen molar-refractivity contribution >= 4 is 35.0 Å². The van der Waals surface area contributed by atoms with Gasteiger partial charge in [-0.1, -0.05) is 91.9 Å². The first-order valence-corrected chi connectivity index (χ1v) is 15.9. The van der Waals surface area contributed by atoms with E-state index in [2.05, 4.69) is 13.8 Å². The topological polar surface area (TPSA) is 105 Å². The Bertz CT molecular complexity index is 1940. The molecule has 0 unspecified atom stereocenters. The lowest BCUT2D eigenvalue weighted by molar-refractivity contribution is -0.145. The van der Waals surface area contributed by atoms with Crippen LogP contribution >= 0.6 is 11.3 Å². The van der Waals surface area contributed by atoms with Gasteiger partial charge in [0.1, 0.15) is 0 Å². The number of nitrogens with zero attached hydrogens (tertiary/aromatic N) is 2. The van der Waals surface area contributed by atoms with Crippen molar-refractivity contribution in [2.24, 2.45) is 4.99 Å². The van der Waals surface area contributed by atoms with E-state index in [1.54, 1.807) is 42.7 Å². The van der Waals surface area contributed by atoms with E-state index in [1.807, 2.05) is 54.6 Å². The van der Waals surface area contributed by atoms with Crippen molar-refractivity contribution in [3.05, 3.63) is 120 Å². The van der Waals surface area contributed by atoms with Gasteiger partial charge in [-0.05, 0) is 43.0 Å². The number of hydrogen-bond donors (Lipinski definition) is 0. The fourth-order valence-corrected chi connectivity index (χ4v) is 6.25. The Morgan fingerprint density at radius 3 is 2.33 bits per heavy atom. The smallest absolute Gasteiger partial charge is 0.344 e. The van der Waals surface area contributed by atoms with Gasteiger partial charge in [-0.3, -0.25) is 9.36 Å². The third-order valence-corrected chi connectivity index (χ3v) is 8.43. The van der Waals surface area contributed by atoms with Gasteiger partial charge in [-0.25, -0.2) is 14.6 Å². The summed E-state index contributed by atoms with van der Waals surface area (Å²) in [5.41, 5.74) is 3.54. The molecule has 0 saturated carbocycles. The number of carbonyl (C=O) groups is 2. The van der Waals surface area contributed by atoms with Crippen LogP contribution in [0.2, 0.25) is 0 Å². The normalized spacial score (nSPS) is 14.5. The van der Waals surface area contributed by atoms with Gasteiger partial charge in [0, 0.05) is 11.1 Å². The first-order chi connectivity index (χ1) is 22.3. The lowest BCUT2D eigenvalue weighted by atomic mass is 9.91. The van der Waals surface area contributed by atoms with Crippen LogP contribution in [0.25, 0.3) is 11.8 Å². The van der Waals surface area contributed by atoms with Crippen LogP contribution in [0.15, 0.2) is 88.2 Å². The summed E-state index contributed by atoms with van der Waals surface area (Å²) < 4.78 is 23.8. The van der Waals surface area contributed by atoms with E-state index in [0.29, 0.717) is 38.0 Å². The molecule has 238 valence electrons. The minimum Gasteiger partial charge on any atom is -0.493 e. The molecule has 9 nitrogen and oxygen atoms in total. The van der Waals surface area contributed by atoms with Crippen LogP contribution in [0.4, 0.5) is 0 Å². The minimum atomic E-state index is -0.793. The second-order valence-electron chi connectivity index (χ2n) is 10.7. The van der Waals surface area contributed by atoms with Gasteiger partial charge in [0.2, 0.25) is 0 Å². The number of esters is 2. The van der Waals surface area contributed by atoms with E-state index >= 15 is 0 Å². The molecule has 0 bridgehead atoms. The number of benzene rings is 3. The Labute approximate surface area is 271 Å². The van der Waals surface area contributed by atoms with E-state index in [-0.39, 0.29) is 31.0 Å². The van der Waals surface area contributed by atoms with Crippen LogP contribution in [0.3, 0.4) is 0 Å². The fraction of sp³-hybridized carbons (Fsp3) is 0.278. The third-order valence-electron chi connectivity index (χ3n) is 7.45. The minimum absolute atomic E-state index is 0.165. The Morgan fingerprint density at radius 2 is 1.67 bits per heavy atom. The zero-order chi connectivity index (χ0) is 32.8. The first-order valence-electron chi connectivity index (χ1n) is 15.1. The molecule has 0 radical (unpaired) electrons. The van der Waals surface area contributed by atoms with Crippen molar-refractivity contribution in [1.82, 2.24) is 4.57 Å². The largest absolute Gasteiger partial charge is 0.493 e. The highest BCUT2D eigenvalue weighted by atomic mass is 32.1. The second kappa shape index (κ2) is 14.4. The summed E-state index contributed by atoms with van der Waals surface area (Å²) >= 11 is 1.20. The van der Waals surface area contributed by atoms with Gasteiger partial charge >= 0.3 is 11.9 Å². The molecular weight excluding hydrogens is 604 g/mol. The first kappa shape index (κ1) is 32.4. The van der Waals surface area contributed by atoms with E-state index in [1.165, 1.54) is 18.4 Å². The fourth-order valence-electron chi connectivity index (χ4n) is 5.26. The number of methoxy groups -OCH3 is 1. The van der Waals surface area contributed by atoms with Crippen molar-refractivity contribution < 1.29 is 28.5 Å². The van der Waals surface area contributed by atoms with Gasteiger partial charge in [0.15, 0.2) is 22.9 Å². The van der Waals surface area contributed by atoms with Crippen LogP contribution in [0.5, 0.6) is 11.5 Å². The van der Waals surface area contributed by atoms with E-state index in [0.717, 1.165) is 16.7 Å². The highest BCUT2D eigenvalue weighted by Crippen LogP contribution is 2.36. The highest BCUT2D eigenvalue weighted by Gasteiger charge is 2.35. The second-order valence-corrected chi connectivity index (χ2v) is 11.7. The summed E-state index contributed by atoms with van der Waals surface area (Å²) in [5, 5.41) is 0. The van der Waals surface area contributed by atoms with E-state index in [9.17, 15) is 14.4 Å². The Morgan fingerprint density at radius 1 is 0.957 bits per heavy atom. The number of para-hydroxylation sites is 1. The highest BCUT2D eigenvalue weighted by molar-refractivity contribution is 7.07. The summed E-state index contributed by atoms with van der Waals surface area (Å²) in [6.07, 6.45) is 1.68. The summed E-state index contributed by atoms with van der Waals surface area (Å²) in [5.74, 6) is -0.0761. The molecule has 1 aromatic heterocycles. The number of hydrogen-bond acceptors (Lipinski definition) is 9. The molecule has 0 N–H and O–H groups in total. The molecule has 46 heavy (non-hydrogen) atoms. The van der Waals surface area contributed by atoms with Crippen LogP contribution in [0.1, 0.15) is 61.9 Å². The van der Waals surface area contributed by atoms with Crippen molar-refractivity contribution in [2.45, 2.75) is 39.7 Å². The average Bonchev–Trinajstić information content (AvgIpc) is 3.37. The molecule has 1 aliphatic rings. The molecule has 0 aliphatic carbocycles. The van der Waals surface area contributed by atoms with Gasteiger partial charge in [0.25, 0.3) is 5.56 Å². The van der Waals surface area contributed by atoms with Gasteiger partial charge in [-0.2, -0.15) is 0 Å². The van der Waals surface area contributed by atoms with Gasteiger partial charge in [-0.15, -0.1) is 0 Å². The van der Waals surface area contributed by atoms with Gasteiger partial charge < -0.3 is 18.9 Å². The molecule has 0 fully saturated rings. The summed E-state index contributed by atoms with van der Waals surface area (Å²) in [6.45, 7) is 7.75. The quantitative estimate of drug-likeness (QED) is 0.212. The zero-order valence-corrected chi connectivity index (χ0v) is 27.3. The Balaban J connectivity index is 1.75. The summed E-state index contributed by atoms with van der Waals surface area (Å²) in [7, 11) is 1.50. The zero-order valence-electron chi connectivity index (χ0n) is 26.4. The molecule has 2 heterocycles. The van der Waals surface area contributed by atoms with Crippen molar-refractivity contribution in [3.63, 3.8) is 0 Å². The molecule has 0 spiro atoms. The standard InChI is InChI=1S/C36H36N2O7S/c1-6-43-29(39)21-45-33-26(14-11-15-27(33)42-5)20-28-34(40)38-32(25-18-16-23(17-19-25)22(3)4)30(35(41)44-7-2)31(37-36(38)46-28)24-12-9-8-10-13-24/h8-20,22,32H,6-7,21H2,1-5H3/b28-20-/t32-/m1/s1. The van der Waals surface area contributed by atoms with Crippen molar-refractivity contribution in [2.75, 3.05) is 26.9 Å². The SMILES string of the molecule is CCOC(=O)COc1c(/C=c2\sc3n(c2=O)[C@H](c2ccc(C(C)C)cc2)C(C(=O)OCC)=C(c2ccccc2)N=3)cccc1OC. The molecular formula is C36H36N2O7S. The van der Waals surface area contributed by atoms with Crippen LogP contribution in [-0.4, -0.2) is 43.4 Å². The number of carbonyl (C=O) groups excluding carboxylic acids is 2. The number of rotatable bonds is 11. The average molecular weight is 641 g/mol. The van der Waals surface area contributed by atoms with Crippen LogP contribution in [-0.2, 0) is 19.1 Å². The van der Waals surface area contributed by atoms with Crippen LogP contribution in [0, 0.1) is 0 Å². The maximum atomic E-state index is 14.3. The number of ether oxygens (including phenoxy) is 4. The molecule has 1 aliphatic heterocycles. The third kappa shape index (κ3) is 6.67. The molecule has 3 aromatic carbocycles. The Hall–Kier alpha value is -4.96. The van der Waals surface area contributed by atoms with Crippen LogP contribution < -0.4 is 24.4 Å². The predicted molar refractivity (Wildman–Crippen MR) is 177 cm³/mol. The Kier molecular flexibility index (Phi) is 10.2. The lowest BCUT2D eigenvalue weighted by Gasteiger charge is -2.26. The van der Waals surface area contributed by atoms with Crippen molar-refractivity contribution in [1.29, 1.82) is 0 Å². The maximum absolute atomic E-state index is 14.3. The lowest BCUT2D eigenvalue weighted by Crippen LogP contribution is -2.40. The summed E-state index contributed by atoms with van der Waals surface area (Å²) in [4.78, 5) is 45.5. The van der Waals surface area contributed by atoms with E-state index in [4.69, 9.17) is 23.9 Å². The van der Waals surface area contributed by atoms with E-state index < -0.39 is 18.0 Å². The molecule has 0 amide bonds.